The van der Waals surface area contributed by atoms with E-state index in [1.807, 2.05) is 0 Å². The van der Waals surface area contributed by atoms with Crippen LogP contribution in [0, 0.1) is 0 Å². The van der Waals surface area contributed by atoms with Crippen molar-refractivity contribution in [2.45, 2.75) is 13.3 Å². The number of nitrogens with one attached hydrogen (secondary N) is 1. The van der Waals surface area contributed by atoms with Crippen molar-refractivity contribution in [3.05, 3.63) is 41.2 Å². The summed E-state index contributed by atoms with van der Waals surface area (Å²) >= 11 is 5.93. The van der Waals surface area contributed by atoms with Gasteiger partial charge in [0.15, 0.2) is 0 Å². The Kier molecular flexibility index (Phi) is 2.55. The first kappa shape index (κ1) is 9.28. The molecule has 0 spiro atoms. The molecule has 1 aromatic carbocycles. The molecule has 0 radical (unpaired) electrons. The van der Waals surface area contributed by atoms with Crippen molar-refractivity contribution in [2.24, 2.45) is 0 Å². The molecule has 3 heteroatoms. The lowest BCUT2D eigenvalue weighted by atomic mass is 10.1. The molecule has 0 saturated heterocycles. The summed E-state index contributed by atoms with van der Waals surface area (Å²) in [6.07, 6.45) is 2.79. The van der Waals surface area contributed by atoms with E-state index in [1.165, 1.54) is 5.56 Å². The Bertz CT molecular complexity index is 417. The van der Waals surface area contributed by atoms with Crippen molar-refractivity contribution in [1.82, 2.24) is 10.2 Å². The Morgan fingerprint density at radius 3 is 2.50 bits per heavy atom. The van der Waals surface area contributed by atoms with Gasteiger partial charge in [-0.15, -0.1) is 0 Å². The van der Waals surface area contributed by atoms with E-state index in [-0.39, 0.29) is 0 Å². The van der Waals surface area contributed by atoms with E-state index >= 15 is 0 Å². The highest BCUT2D eigenvalue weighted by molar-refractivity contribution is 6.32. The summed E-state index contributed by atoms with van der Waals surface area (Å²) in [5.74, 6) is 0. The van der Waals surface area contributed by atoms with Crippen molar-refractivity contribution in [2.75, 3.05) is 0 Å². The average molecular weight is 207 g/mol. The summed E-state index contributed by atoms with van der Waals surface area (Å²) < 4.78 is 0. The van der Waals surface area contributed by atoms with E-state index in [0.29, 0.717) is 5.15 Å². The first-order valence-electron chi connectivity index (χ1n) is 4.59. The maximum Gasteiger partial charge on any atom is 0.132 e. The van der Waals surface area contributed by atoms with E-state index in [9.17, 15) is 0 Å². The maximum absolute atomic E-state index is 5.93. The van der Waals surface area contributed by atoms with Crippen LogP contribution in [0.15, 0.2) is 30.5 Å². The lowest BCUT2D eigenvalue weighted by molar-refractivity contribution is 1.09. The second-order valence-corrected chi connectivity index (χ2v) is 3.53. The number of H-pyrrole nitrogens is 1. The Balaban J connectivity index is 2.39. The number of benzene rings is 1. The van der Waals surface area contributed by atoms with Crippen molar-refractivity contribution in [3.8, 4) is 11.1 Å². The Hall–Kier alpha value is -1.28. The normalized spacial score (nSPS) is 10.4. The minimum absolute atomic E-state index is 0.592. The third-order valence-electron chi connectivity index (χ3n) is 2.27. The van der Waals surface area contributed by atoms with Gasteiger partial charge in [0.25, 0.3) is 0 Å². The molecule has 0 atom stereocenters. The van der Waals surface area contributed by atoms with Gasteiger partial charge < -0.3 is 0 Å². The Morgan fingerprint density at radius 2 is 2.00 bits per heavy atom. The van der Waals surface area contributed by atoms with Gasteiger partial charge in [-0.2, -0.15) is 5.10 Å². The minimum atomic E-state index is 0.592. The molecule has 0 bridgehead atoms. The van der Waals surface area contributed by atoms with Crippen molar-refractivity contribution in [1.29, 1.82) is 0 Å². The fourth-order valence-corrected chi connectivity index (χ4v) is 1.60. The molecule has 0 aliphatic heterocycles. The van der Waals surface area contributed by atoms with Gasteiger partial charge in [-0.25, -0.2) is 0 Å². The summed E-state index contributed by atoms with van der Waals surface area (Å²) in [6, 6.07) is 8.35. The largest absolute Gasteiger partial charge is 0.267 e. The van der Waals surface area contributed by atoms with E-state index in [4.69, 9.17) is 11.6 Å². The maximum atomic E-state index is 5.93. The lowest BCUT2D eigenvalue weighted by Crippen LogP contribution is -1.80. The van der Waals surface area contributed by atoms with Gasteiger partial charge >= 0.3 is 0 Å². The zero-order chi connectivity index (χ0) is 9.97. The summed E-state index contributed by atoms with van der Waals surface area (Å²) in [7, 11) is 0. The van der Waals surface area contributed by atoms with Crippen LogP contribution in [0.4, 0.5) is 0 Å². The molecule has 1 aromatic heterocycles. The van der Waals surface area contributed by atoms with Crippen LogP contribution >= 0.6 is 11.6 Å². The molecule has 2 rings (SSSR count). The number of aromatic nitrogens is 2. The highest BCUT2D eigenvalue weighted by atomic mass is 35.5. The fraction of sp³-hybridized carbons (Fsp3) is 0.182. The van der Waals surface area contributed by atoms with Gasteiger partial charge in [0, 0.05) is 5.56 Å². The topological polar surface area (TPSA) is 28.7 Å². The number of hydrogen-bond acceptors (Lipinski definition) is 1. The van der Waals surface area contributed by atoms with Crippen LogP contribution < -0.4 is 0 Å². The van der Waals surface area contributed by atoms with Crippen LogP contribution in [0.25, 0.3) is 11.1 Å². The van der Waals surface area contributed by atoms with Gasteiger partial charge in [0.1, 0.15) is 5.15 Å². The quantitative estimate of drug-likeness (QED) is 0.803. The first-order chi connectivity index (χ1) is 6.81. The SMILES string of the molecule is CCc1ccc(-c2cn[nH]c2Cl)cc1. The molecule has 0 saturated carbocycles. The third kappa shape index (κ3) is 1.66. The second kappa shape index (κ2) is 3.84. The molecule has 1 N–H and O–H groups in total. The summed E-state index contributed by atoms with van der Waals surface area (Å²) in [5.41, 5.74) is 3.38. The van der Waals surface area contributed by atoms with Crippen LogP contribution in [0.3, 0.4) is 0 Å². The minimum Gasteiger partial charge on any atom is -0.267 e. The zero-order valence-corrected chi connectivity index (χ0v) is 8.67. The van der Waals surface area contributed by atoms with Crippen LogP contribution in [-0.2, 0) is 6.42 Å². The number of hydrogen-bond donors (Lipinski definition) is 1. The van der Waals surface area contributed by atoms with Crippen LogP contribution in [0.5, 0.6) is 0 Å². The molecule has 2 nitrogen and oxygen atoms in total. The summed E-state index contributed by atoms with van der Waals surface area (Å²) in [6.45, 7) is 2.14. The molecule has 1 heterocycles. The molecule has 0 aliphatic carbocycles. The standard InChI is InChI=1S/C11H11ClN2/c1-2-8-3-5-9(6-4-8)10-7-13-14-11(10)12/h3-7H,2H2,1H3,(H,13,14). The van der Waals surface area contributed by atoms with Gasteiger partial charge in [-0.05, 0) is 17.5 Å². The van der Waals surface area contributed by atoms with E-state index in [2.05, 4.69) is 41.4 Å². The fourth-order valence-electron chi connectivity index (χ4n) is 1.39. The second-order valence-electron chi connectivity index (χ2n) is 3.15. The highest BCUT2D eigenvalue weighted by Gasteiger charge is 2.04. The number of nitrogens with zero attached hydrogens (tertiary/aromatic N) is 1. The number of aromatic amines is 1. The molecule has 0 unspecified atom stereocenters. The number of aryl methyl sites for hydroxylation is 1. The molecule has 0 amide bonds. The van der Waals surface area contributed by atoms with Crippen LogP contribution in [0.2, 0.25) is 5.15 Å². The van der Waals surface area contributed by atoms with Gasteiger partial charge in [0.05, 0.1) is 6.20 Å². The molecular weight excluding hydrogens is 196 g/mol. The predicted molar refractivity (Wildman–Crippen MR) is 58.4 cm³/mol. The number of halogens is 1. The summed E-state index contributed by atoms with van der Waals surface area (Å²) in [4.78, 5) is 0. The Labute approximate surface area is 87.9 Å². The third-order valence-corrected chi connectivity index (χ3v) is 2.55. The van der Waals surface area contributed by atoms with Gasteiger partial charge in [0.2, 0.25) is 0 Å². The first-order valence-corrected chi connectivity index (χ1v) is 4.97. The molecular formula is C11H11ClN2. The predicted octanol–water partition coefficient (Wildman–Crippen LogP) is 3.29. The van der Waals surface area contributed by atoms with E-state index < -0.39 is 0 Å². The average Bonchev–Trinajstić information content (AvgIpc) is 2.65. The van der Waals surface area contributed by atoms with Crippen molar-refractivity contribution < 1.29 is 0 Å². The number of rotatable bonds is 2. The van der Waals surface area contributed by atoms with Gasteiger partial charge in [-0.1, -0.05) is 42.8 Å². The van der Waals surface area contributed by atoms with Crippen LogP contribution in [-0.4, -0.2) is 10.2 Å². The van der Waals surface area contributed by atoms with E-state index in [1.54, 1.807) is 6.20 Å². The van der Waals surface area contributed by atoms with E-state index in [0.717, 1.165) is 17.5 Å². The highest BCUT2D eigenvalue weighted by Crippen LogP contribution is 2.25. The molecule has 14 heavy (non-hydrogen) atoms. The molecule has 2 aromatic rings. The Morgan fingerprint density at radius 1 is 1.29 bits per heavy atom. The monoisotopic (exact) mass is 206 g/mol. The lowest BCUT2D eigenvalue weighted by Gasteiger charge is -2.00. The molecule has 72 valence electrons. The smallest absolute Gasteiger partial charge is 0.132 e. The van der Waals surface area contributed by atoms with Crippen molar-refractivity contribution in [3.63, 3.8) is 0 Å². The molecule has 0 aliphatic rings. The van der Waals surface area contributed by atoms with Gasteiger partial charge in [-0.3, -0.25) is 5.10 Å². The molecule has 0 fully saturated rings. The zero-order valence-electron chi connectivity index (χ0n) is 7.92. The summed E-state index contributed by atoms with van der Waals surface area (Å²) in [5, 5.41) is 7.19. The van der Waals surface area contributed by atoms with Crippen molar-refractivity contribution >= 4 is 11.6 Å². The van der Waals surface area contributed by atoms with Crippen LogP contribution in [0.1, 0.15) is 12.5 Å².